The van der Waals surface area contributed by atoms with E-state index in [1.54, 1.807) is 18.1 Å². The van der Waals surface area contributed by atoms with E-state index in [2.05, 4.69) is 0 Å². The molecule has 0 amide bonds. The topological polar surface area (TPSA) is 64.0 Å². The van der Waals surface area contributed by atoms with Gasteiger partial charge in [0.25, 0.3) is 0 Å². The average Bonchev–Trinajstić information content (AvgIpc) is 2.87. The molecular weight excluding hydrogens is 292 g/mol. The molecule has 2 aliphatic rings. The molecule has 0 spiro atoms. The molecule has 0 saturated carbocycles. The van der Waals surface area contributed by atoms with Crippen LogP contribution in [0.4, 0.5) is 0 Å². The summed E-state index contributed by atoms with van der Waals surface area (Å²) in [4.78, 5) is 11.4. The normalized spacial score (nSPS) is 24.5. The third kappa shape index (κ3) is 1.92. The molecule has 1 aromatic carbocycles. The molecule has 2 atom stereocenters. The SMILES string of the molecule is CC1C(Cl)=C(C(=O)O)N(C)N1C1=CC(O)c2ccccc21. The van der Waals surface area contributed by atoms with E-state index in [4.69, 9.17) is 11.6 Å². The van der Waals surface area contributed by atoms with Gasteiger partial charge in [0.15, 0.2) is 5.70 Å². The van der Waals surface area contributed by atoms with Crippen molar-refractivity contribution in [3.05, 3.63) is 52.2 Å². The second-order valence-electron chi connectivity index (χ2n) is 5.13. The highest BCUT2D eigenvalue weighted by Gasteiger charge is 2.40. The van der Waals surface area contributed by atoms with Crippen molar-refractivity contribution in [3.63, 3.8) is 0 Å². The highest BCUT2D eigenvalue weighted by Crippen LogP contribution is 2.42. The van der Waals surface area contributed by atoms with Crippen molar-refractivity contribution in [1.82, 2.24) is 10.0 Å². The predicted octanol–water partition coefficient (Wildman–Crippen LogP) is 2.16. The Morgan fingerprint density at radius 3 is 2.62 bits per heavy atom. The van der Waals surface area contributed by atoms with Gasteiger partial charge in [-0.1, -0.05) is 35.9 Å². The Hall–Kier alpha value is -1.98. The Bertz CT molecular complexity index is 683. The van der Waals surface area contributed by atoms with Crippen molar-refractivity contribution < 1.29 is 15.0 Å². The fraction of sp³-hybridized carbons (Fsp3) is 0.267. The highest BCUT2D eigenvalue weighted by atomic mass is 35.5. The lowest BCUT2D eigenvalue weighted by molar-refractivity contribution is -0.135. The Kier molecular flexibility index (Phi) is 3.19. The van der Waals surface area contributed by atoms with Gasteiger partial charge in [0.1, 0.15) is 6.10 Å². The summed E-state index contributed by atoms with van der Waals surface area (Å²) in [6.07, 6.45) is 1.02. The van der Waals surface area contributed by atoms with Gasteiger partial charge in [-0.3, -0.25) is 10.0 Å². The molecule has 0 aromatic heterocycles. The number of hydrogen-bond donors (Lipinski definition) is 2. The Labute approximate surface area is 127 Å². The predicted molar refractivity (Wildman–Crippen MR) is 79.0 cm³/mol. The van der Waals surface area contributed by atoms with E-state index in [9.17, 15) is 15.0 Å². The van der Waals surface area contributed by atoms with E-state index in [0.29, 0.717) is 0 Å². The molecule has 3 rings (SSSR count). The molecule has 6 heteroatoms. The second-order valence-corrected chi connectivity index (χ2v) is 5.54. The summed E-state index contributed by atoms with van der Waals surface area (Å²) in [6, 6.07) is 7.22. The van der Waals surface area contributed by atoms with Crippen LogP contribution in [0.1, 0.15) is 24.2 Å². The molecule has 1 heterocycles. The molecule has 110 valence electrons. The number of rotatable bonds is 2. The first-order valence-corrected chi connectivity index (χ1v) is 6.96. The molecule has 1 aliphatic heterocycles. The van der Waals surface area contributed by atoms with Gasteiger partial charge < -0.3 is 10.2 Å². The summed E-state index contributed by atoms with van der Waals surface area (Å²) in [5.74, 6) is -1.07. The molecule has 0 bridgehead atoms. The zero-order valence-electron chi connectivity index (χ0n) is 11.6. The minimum Gasteiger partial charge on any atom is -0.476 e. The van der Waals surface area contributed by atoms with Crippen LogP contribution in [0.3, 0.4) is 0 Å². The third-order valence-electron chi connectivity index (χ3n) is 3.93. The van der Waals surface area contributed by atoms with Crippen molar-refractivity contribution in [2.45, 2.75) is 19.1 Å². The van der Waals surface area contributed by atoms with Gasteiger partial charge in [0.05, 0.1) is 16.8 Å². The van der Waals surface area contributed by atoms with Crippen molar-refractivity contribution in [2.24, 2.45) is 0 Å². The van der Waals surface area contributed by atoms with E-state index in [-0.39, 0.29) is 16.8 Å². The minimum atomic E-state index is -1.07. The van der Waals surface area contributed by atoms with Crippen LogP contribution in [-0.2, 0) is 4.79 Å². The molecule has 0 radical (unpaired) electrons. The van der Waals surface area contributed by atoms with Gasteiger partial charge in [0, 0.05) is 12.6 Å². The lowest BCUT2D eigenvalue weighted by Crippen LogP contribution is -2.38. The number of carboxylic acid groups (broad SMARTS) is 1. The van der Waals surface area contributed by atoms with Gasteiger partial charge in [0.2, 0.25) is 0 Å². The van der Waals surface area contributed by atoms with Crippen LogP contribution in [0.15, 0.2) is 41.1 Å². The maximum atomic E-state index is 11.4. The second kappa shape index (κ2) is 4.79. The maximum absolute atomic E-state index is 11.4. The number of aliphatic carboxylic acids is 1. The van der Waals surface area contributed by atoms with Crippen LogP contribution in [0, 0.1) is 0 Å². The summed E-state index contributed by atoms with van der Waals surface area (Å²) in [5.41, 5.74) is 2.53. The summed E-state index contributed by atoms with van der Waals surface area (Å²) in [6.45, 7) is 1.84. The molecule has 1 aromatic rings. The van der Waals surface area contributed by atoms with Gasteiger partial charge in [-0.15, -0.1) is 0 Å². The van der Waals surface area contributed by atoms with E-state index < -0.39 is 12.1 Å². The lowest BCUT2D eigenvalue weighted by atomic mass is 10.1. The molecule has 0 saturated heterocycles. The molecule has 0 fully saturated rings. The maximum Gasteiger partial charge on any atom is 0.355 e. The summed E-state index contributed by atoms with van der Waals surface area (Å²) >= 11 is 6.18. The molecule has 2 N–H and O–H groups in total. The fourth-order valence-electron chi connectivity index (χ4n) is 2.96. The van der Waals surface area contributed by atoms with Crippen LogP contribution >= 0.6 is 11.6 Å². The van der Waals surface area contributed by atoms with E-state index in [1.807, 2.05) is 31.2 Å². The van der Waals surface area contributed by atoms with E-state index in [0.717, 1.165) is 16.8 Å². The average molecular weight is 307 g/mol. The molecular formula is C15H15ClN2O3. The van der Waals surface area contributed by atoms with Crippen LogP contribution in [0.2, 0.25) is 0 Å². The zero-order valence-corrected chi connectivity index (χ0v) is 12.4. The number of aliphatic hydroxyl groups is 1. The first kappa shape index (κ1) is 14.0. The Morgan fingerprint density at radius 1 is 1.33 bits per heavy atom. The minimum absolute atomic E-state index is 0.0592. The van der Waals surface area contributed by atoms with E-state index >= 15 is 0 Å². The highest BCUT2D eigenvalue weighted by molar-refractivity contribution is 6.32. The summed E-state index contributed by atoms with van der Waals surface area (Å²) in [7, 11) is 1.66. The number of nitrogens with zero attached hydrogens (tertiary/aromatic N) is 2. The molecule has 21 heavy (non-hydrogen) atoms. The van der Waals surface area contributed by atoms with Crippen LogP contribution in [0.5, 0.6) is 0 Å². The first-order chi connectivity index (χ1) is 9.93. The standard InChI is InChI=1S/C15H15ClN2O3/c1-8-13(16)14(15(20)21)17(2)18(8)11-7-12(19)10-6-4-3-5-9(10)11/h3-8,12,19H,1-2H3,(H,20,21). The van der Waals surface area contributed by atoms with Crippen molar-refractivity contribution in [1.29, 1.82) is 0 Å². The lowest BCUT2D eigenvalue weighted by Gasteiger charge is -2.33. The molecule has 1 aliphatic carbocycles. The number of aliphatic hydroxyl groups excluding tert-OH is 1. The van der Waals surface area contributed by atoms with Gasteiger partial charge in [-0.05, 0) is 18.6 Å². The third-order valence-corrected chi connectivity index (χ3v) is 4.42. The Morgan fingerprint density at radius 2 is 2.00 bits per heavy atom. The van der Waals surface area contributed by atoms with Crippen LogP contribution in [-0.4, -0.2) is 39.3 Å². The molecule has 5 nitrogen and oxygen atoms in total. The number of benzene rings is 1. The van der Waals surface area contributed by atoms with Crippen molar-refractivity contribution in [3.8, 4) is 0 Å². The van der Waals surface area contributed by atoms with Gasteiger partial charge in [-0.25, -0.2) is 4.79 Å². The summed E-state index contributed by atoms with van der Waals surface area (Å²) in [5, 5.41) is 23.0. The number of carboxylic acids is 1. The number of likely N-dealkylation sites (N-methyl/N-ethyl adjacent to an activating group) is 1. The van der Waals surface area contributed by atoms with Crippen molar-refractivity contribution in [2.75, 3.05) is 7.05 Å². The zero-order chi connectivity index (χ0) is 15.3. The number of halogens is 1. The fourth-order valence-corrected chi connectivity index (χ4v) is 3.25. The largest absolute Gasteiger partial charge is 0.476 e. The first-order valence-electron chi connectivity index (χ1n) is 6.58. The smallest absolute Gasteiger partial charge is 0.355 e. The monoisotopic (exact) mass is 306 g/mol. The van der Waals surface area contributed by atoms with Gasteiger partial charge >= 0.3 is 5.97 Å². The van der Waals surface area contributed by atoms with Crippen LogP contribution < -0.4 is 0 Å². The van der Waals surface area contributed by atoms with Crippen LogP contribution in [0.25, 0.3) is 5.70 Å². The Balaban J connectivity index is 2.05. The number of fused-ring (bicyclic) bond motifs is 1. The quantitative estimate of drug-likeness (QED) is 0.876. The van der Waals surface area contributed by atoms with E-state index in [1.165, 1.54) is 5.01 Å². The number of carbonyl (C=O) groups is 1. The van der Waals surface area contributed by atoms with Gasteiger partial charge in [-0.2, -0.15) is 0 Å². The summed E-state index contributed by atoms with van der Waals surface area (Å²) < 4.78 is 0. The van der Waals surface area contributed by atoms with Crippen molar-refractivity contribution >= 4 is 23.3 Å². The number of hydrogen-bond acceptors (Lipinski definition) is 4. The molecule has 2 unspecified atom stereocenters. The number of hydrazine groups is 1.